The minimum atomic E-state index is -0.444. The standard InChI is InChI=1S/C28H32N6O3/c1-18-15-25(34(31-18)26-9-5-6-14-37-26)19-10-12-20(13-11-19)27(35)21-7-3-4-8-22(21)28(36)30-24-17-33(2)32-23(24)16-29/h10-13,15,17,21-22,26H,3-9,14H2,1-2H3,(H,30,36). The Balaban J connectivity index is 1.34. The van der Waals surface area contributed by atoms with E-state index in [2.05, 4.69) is 15.5 Å². The Kier molecular flexibility index (Phi) is 7.19. The molecule has 5 rings (SSSR count). The SMILES string of the molecule is Cc1cc(-c2ccc(C(=O)C3CCCCC3C(=O)Nc3cn(C)nc3C#N)cc2)n(C2CCCCO2)n1. The molecule has 0 spiro atoms. The predicted octanol–water partition coefficient (Wildman–Crippen LogP) is 4.79. The summed E-state index contributed by atoms with van der Waals surface area (Å²) in [5, 5.41) is 20.9. The Morgan fingerprint density at radius 1 is 1.05 bits per heavy atom. The highest BCUT2D eigenvalue weighted by molar-refractivity contribution is 6.03. The second-order valence-corrected chi connectivity index (χ2v) is 10.0. The molecule has 1 saturated heterocycles. The summed E-state index contributed by atoms with van der Waals surface area (Å²) in [4.78, 5) is 26.8. The fourth-order valence-electron chi connectivity index (χ4n) is 5.53. The summed E-state index contributed by atoms with van der Waals surface area (Å²) in [7, 11) is 1.70. The van der Waals surface area contributed by atoms with Gasteiger partial charge in [-0.25, -0.2) is 4.68 Å². The van der Waals surface area contributed by atoms with Gasteiger partial charge in [-0.05, 0) is 50.7 Å². The van der Waals surface area contributed by atoms with E-state index in [-0.39, 0.29) is 23.6 Å². The number of aromatic nitrogens is 4. The number of carbonyl (C=O) groups excluding carboxylic acids is 2. The molecule has 37 heavy (non-hydrogen) atoms. The number of Topliss-reactive ketones (excluding diaryl/α,β-unsaturated/α-hetero) is 1. The van der Waals surface area contributed by atoms with Crippen LogP contribution in [-0.2, 0) is 16.6 Å². The first-order chi connectivity index (χ1) is 17.9. The van der Waals surface area contributed by atoms with Crippen LogP contribution in [0.5, 0.6) is 0 Å². The second-order valence-electron chi connectivity index (χ2n) is 10.0. The molecule has 1 aromatic carbocycles. The molecular formula is C28H32N6O3. The Bertz CT molecular complexity index is 1330. The third kappa shape index (κ3) is 5.20. The summed E-state index contributed by atoms with van der Waals surface area (Å²) in [5.41, 5.74) is 4.02. The van der Waals surface area contributed by atoms with E-state index < -0.39 is 11.8 Å². The lowest BCUT2D eigenvalue weighted by Gasteiger charge is -2.29. The molecule has 3 aromatic rings. The minimum absolute atomic E-state index is 0.0154. The van der Waals surface area contributed by atoms with Crippen LogP contribution in [0.1, 0.15) is 72.9 Å². The van der Waals surface area contributed by atoms with Crippen molar-refractivity contribution in [2.75, 3.05) is 11.9 Å². The first-order valence-corrected chi connectivity index (χ1v) is 13.0. The molecule has 1 amide bonds. The van der Waals surface area contributed by atoms with Gasteiger partial charge >= 0.3 is 0 Å². The van der Waals surface area contributed by atoms with Crippen LogP contribution >= 0.6 is 0 Å². The number of nitrogens with zero attached hydrogens (tertiary/aromatic N) is 5. The van der Waals surface area contributed by atoms with Gasteiger partial charge in [-0.15, -0.1) is 0 Å². The van der Waals surface area contributed by atoms with Gasteiger partial charge in [0.15, 0.2) is 17.7 Å². The Morgan fingerprint density at radius 3 is 2.49 bits per heavy atom. The Labute approximate surface area is 216 Å². The molecule has 3 atom stereocenters. The van der Waals surface area contributed by atoms with Crippen LogP contribution < -0.4 is 5.32 Å². The van der Waals surface area contributed by atoms with Crippen molar-refractivity contribution in [1.82, 2.24) is 19.6 Å². The van der Waals surface area contributed by atoms with Gasteiger partial charge in [0.2, 0.25) is 5.91 Å². The van der Waals surface area contributed by atoms with Crippen LogP contribution in [0.25, 0.3) is 11.3 Å². The molecule has 0 bridgehead atoms. The molecule has 1 aliphatic heterocycles. The van der Waals surface area contributed by atoms with Crippen molar-refractivity contribution in [2.45, 2.75) is 58.1 Å². The van der Waals surface area contributed by atoms with Crippen molar-refractivity contribution in [3.8, 4) is 17.3 Å². The molecule has 9 heteroatoms. The lowest BCUT2D eigenvalue weighted by atomic mass is 9.75. The maximum absolute atomic E-state index is 13.6. The molecule has 2 fully saturated rings. The topological polar surface area (TPSA) is 115 Å². The van der Waals surface area contributed by atoms with Crippen LogP contribution in [0.3, 0.4) is 0 Å². The van der Waals surface area contributed by atoms with E-state index in [0.29, 0.717) is 24.1 Å². The van der Waals surface area contributed by atoms with Crippen molar-refractivity contribution >= 4 is 17.4 Å². The van der Waals surface area contributed by atoms with Gasteiger partial charge in [-0.2, -0.15) is 15.5 Å². The fraction of sp³-hybridized carbons (Fsp3) is 0.464. The monoisotopic (exact) mass is 500 g/mol. The van der Waals surface area contributed by atoms with E-state index in [9.17, 15) is 14.9 Å². The van der Waals surface area contributed by atoms with Gasteiger partial charge in [0, 0.05) is 37.3 Å². The summed E-state index contributed by atoms with van der Waals surface area (Å²) in [6.07, 6.45) is 7.78. The molecule has 2 aliphatic rings. The van der Waals surface area contributed by atoms with Crippen LogP contribution in [0, 0.1) is 30.1 Å². The largest absolute Gasteiger partial charge is 0.356 e. The van der Waals surface area contributed by atoms with Crippen molar-refractivity contribution in [2.24, 2.45) is 18.9 Å². The lowest BCUT2D eigenvalue weighted by Crippen LogP contribution is -2.36. The predicted molar refractivity (Wildman–Crippen MR) is 138 cm³/mol. The quantitative estimate of drug-likeness (QED) is 0.487. The smallest absolute Gasteiger partial charge is 0.228 e. The Hall–Kier alpha value is -3.77. The molecular weight excluding hydrogens is 468 g/mol. The van der Waals surface area contributed by atoms with Crippen LogP contribution in [-0.4, -0.2) is 37.9 Å². The second kappa shape index (κ2) is 10.7. The van der Waals surface area contributed by atoms with Gasteiger partial charge in [0.1, 0.15) is 6.07 Å². The fourth-order valence-corrected chi connectivity index (χ4v) is 5.53. The summed E-state index contributed by atoms with van der Waals surface area (Å²) >= 11 is 0. The summed E-state index contributed by atoms with van der Waals surface area (Å²) in [6.45, 7) is 2.71. The number of rotatable bonds is 6. The van der Waals surface area contributed by atoms with E-state index in [1.54, 1.807) is 13.2 Å². The molecule has 2 aromatic heterocycles. The van der Waals surface area contributed by atoms with Crippen molar-refractivity contribution < 1.29 is 14.3 Å². The summed E-state index contributed by atoms with van der Waals surface area (Å²) in [6, 6.07) is 11.7. The number of nitrogens with one attached hydrogen (secondary N) is 1. The maximum atomic E-state index is 13.6. The van der Waals surface area contributed by atoms with Crippen LogP contribution in [0.15, 0.2) is 36.5 Å². The van der Waals surface area contributed by atoms with E-state index >= 15 is 0 Å². The zero-order chi connectivity index (χ0) is 25.9. The van der Waals surface area contributed by atoms with E-state index in [1.165, 1.54) is 4.68 Å². The molecule has 1 saturated carbocycles. The first kappa shape index (κ1) is 24.9. The number of ether oxygens (including phenoxy) is 1. The van der Waals surface area contributed by atoms with Crippen LogP contribution in [0.2, 0.25) is 0 Å². The molecule has 3 heterocycles. The highest BCUT2D eigenvalue weighted by atomic mass is 16.5. The first-order valence-electron chi connectivity index (χ1n) is 13.0. The number of anilines is 1. The molecule has 0 radical (unpaired) electrons. The summed E-state index contributed by atoms with van der Waals surface area (Å²) < 4.78 is 9.41. The van der Waals surface area contributed by atoms with E-state index in [0.717, 1.165) is 55.7 Å². The number of nitriles is 1. The molecule has 9 nitrogen and oxygen atoms in total. The Morgan fingerprint density at radius 2 is 1.78 bits per heavy atom. The molecule has 3 unspecified atom stereocenters. The normalized spacial score (nSPS) is 21.8. The molecule has 1 aliphatic carbocycles. The number of aryl methyl sites for hydroxylation is 2. The number of ketones is 1. The van der Waals surface area contributed by atoms with Crippen molar-refractivity contribution in [1.29, 1.82) is 5.26 Å². The van der Waals surface area contributed by atoms with Gasteiger partial charge in [-0.3, -0.25) is 14.3 Å². The van der Waals surface area contributed by atoms with E-state index in [4.69, 9.17) is 4.74 Å². The molecule has 192 valence electrons. The molecule has 1 N–H and O–H groups in total. The van der Waals surface area contributed by atoms with Gasteiger partial charge < -0.3 is 10.1 Å². The lowest BCUT2D eigenvalue weighted by molar-refractivity contribution is -0.122. The minimum Gasteiger partial charge on any atom is -0.356 e. The van der Waals surface area contributed by atoms with Crippen molar-refractivity contribution in [3.63, 3.8) is 0 Å². The highest BCUT2D eigenvalue weighted by Gasteiger charge is 2.36. The van der Waals surface area contributed by atoms with Crippen molar-refractivity contribution in [3.05, 3.63) is 53.5 Å². The van der Waals surface area contributed by atoms with E-state index in [1.807, 2.05) is 48.0 Å². The summed E-state index contributed by atoms with van der Waals surface area (Å²) in [5.74, 6) is -1.09. The van der Waals surface area contributed by atoms with Gasteiger partial charge in [-0.1, -0.05) is 37.1 Å². The number of hydrogen-bond donors (Lipinski definition) is 1. The number of amides is 1. The zero-order valence-electron chi connectivity index (χ0n) is 21.3. The zero-order valence-corrected chi connectivity index (χ0v) is 21.3. The third-order valence-electron chi connectivity index (χ3n) is 7.38. The average Bonchev–Trinajstić information content (AvgIpc) is 3.50. The average molecular weight is 501 g/mol. The number of carbonyl (C=O) groups is 2. The third-order valence-corrected chi connectivity index (χ3v) is 7.38. The van der Waals surface area contributed by atoms with Gasteiger partial charge in [0.25, 0.3) is 0 Å². The number of hydrogen-bond acceptors (Lipinski definition) is 6. The highest BCUT2D eigenvalue weighted by Crippen LogP contribution is 2.35. The number of benzene rings is 1. The van der Waals surface area contributed by atoms with Crippen LogP contribution in [0.4, 0.5) is 5.69 Å². The van der Waals surface area contributed by atoms with Gasteiger partial charge in [0.05, 0.1) is 17.1 Å². The maximum Gasteiger partial charge on any atom is 0.228 e.